The summed E-state index contributed by atoms with van der Waals surface area (Å²) in [5, 5.41) is 0. The average molecular weight is 204 g/mol. The number of furan rings is 1. The van der Waals surface area contributed by atoms with Crippen LogP contribution in [0.1, 0.15) is 45.4 Å². The summed E-state index contributed by atoms with van der Waals surface area (Å²) in [7, 11) is 0. The van der Waals surface area contributed by atoms with E-state index in [2.05, 4.69) is 38.2 Å². The molecule has 1 unspecified atom stereocenters. The van der Waals surface area contributed by atoms with Gasteiger partial charge in [-0.3, -0.25) is 0 Å². The summed E-state index contributed by atoms with van der Waals surface area (Å²) in [6.07, 6.45) is 11.5. The molecule has 0 fully saturated rings. The quantitative estimate of drug-likeness (QED) is 0.642. The molecule has 1 aromatic heterocycles. The molecular formula is C14H20O. The predicted octanol–water partition coefficient (Wildman–Crippen LogP) is 4.76. The largest absolute Gasteiger partial charge is 0.464 e. The lowest BCUT2D eigenvalue weighted by Crippen LogP contribution is -2.05. The first-order valence-corrected chi connectivity index (χ1v) is 5.69. The summed E-state index contributed by atoms with van der Waals surface area (Å²) in [4.78, 5) is 0. The van der Waals surface area contributed by atoms with E-state index >= 15 is 0 Å². The highest BCUT2D eigenvalue weighted by Crippen LogP contribution is 2.31. The van der Waals surface area contributed by atoms with Crippen molar-refractivity contribution < 1.29 is 4.42 Å². The molecule has 0 spiro atoms. The van der Waals surface area contributed by atoms with E-state index in [4.69, 9.17) is 4.42 Å². The lowest BCUT2D eigenvalue weighted by atomic mass is 9.87. The third kappa shape index (κ3) is 2.62. The Bertz CT molecular complexity index is 327. The van der Waals surface area contributed by atoms with Gasteiger partial charge in [0.05, 0.1) is 6.26 Å². The van der Waals surface area contributed by atoms with Crippen molar-refractivity contribution in [2.75, 3.05) is 0 Å². The molecule has 0 saturated carbocycles. The van der Waals surface area contributed by atoms with Crippen LogP contribution in [-0.4, -0.2) is 0 Å². The molecule has 0 aromatic carbocycles. The summed E-state index contributed by atoms with van der Waals surface area (Å²) in [5.41, 5.74) is 1.36. The van der Waals surface area contributed by atoms with Crippen LogP contribution in [0.15, 0.2) is 28.9 Å². The van der Waals surface area contributed by atoms with E-state index in [0.29, 0.717) is 0 Å². The molecule has 0 bridgehead atoms. The number of hydrogen-bond acceptors (Lipinski definition) is 1. The van der Waals surface area contributed by atoms with Crippen LogP contribution in [0.25, 0.3) is 12.2 Å². The Hall–Kier alpha value is -1.24. The van der Waals surface area contributed by atoms with Crippen LogP contribution in [0.4, 0.5) is 0 Å². The van der Waals surface area contributed by atoms with Crippen LogP contribution in [0.2, 0.25) is 0 Å². The molecule has 1 atom stereocenters. The smallest absolute Gasteiger partial charge is 0.133 e. The molecule has 1 aliphatic rings. The van der Waals surface area contributed by atoms with Gasteiger partial charge in [-0.15, -0.1) is 0 Å². The van der Waals surface area contributed by atoms with Gasteiger partial charge in [-0.1, -0.05) is 45.9 Å². The maximum Gasteiger partial charge on any atom is 0.133 e. The van der Waals surface area contributed by atoms with Crippen molar-refractivity contribution in [2.45, 2.75) is 34.1 Å². The SMILES string of the molecule is CC.CCC1(C)C=Cc2ccoc2C=C1. The van der Waals surface area contributed by atoms with Gasteiger partial charge in [-0.25, -0.2) is 0 Å². The second-order valence-corrected chi connectivity index (χ2v) is 3.77. The van der Waals surface area contributed by atoms with Gasteiger partial charge in [0.15, 0.2) is 0 Å². The van der Waals surface area contributed by atoms with E-state index in [0.717, 1.165) is 12.2 Å². The lowest BCUT2D eigenvalue weighted by Gasteiger charge is -2.17. The summed E-state index contributed by atoms with van der Waals surface area (Å²) >= 11 is 0. The second kappa shape index (κ2) is 5.01. The molecular weight excluding hydrogens is 184 g/mol. The molecule has 1 aromatic rings. The highest BCUT2D eigenvalue weighted by Gasteiger charge is 2.17. The van der Waals surface area contributed by atoms with Crippen molar-refractivity contribution in [3.05, 3.63) is 35.8 Å². The normalized spacial score (nSPS) is 22.7. The molecule has 0 saturated heterocycles. The zero-order chi connectivity index (χ0) is 11.3. The standard InChI is InChI=1S/C12H14O.C2H6/c1-3-12(2)7-4-10-6-9-13-11(10)5-8-12;1-2/h4-9H,3H2,1-2H3;1-2H3. The summed E-state index contributed by atoms with van der Waals surface area (Å²) in [6.45, 7) is 8.42. The minimum atomic E-state index is 0.182. The van der Waals surface area contributed by atoms with Gasteiger partial charge in [-0.05, 0) is 18.6 Å². The second-order valence-electron chi connectivity index (χ2n) is 3.77. The number of rotatable bonds is 1. The Labute approximate surface area is 92.5 Å². The zero-order valence-corrected chi connectivity index (χ0v) is 10.1. The maximum absolute atomic E-state index is 5.34. The Balaban J connectivity index is 0.000000531. The number of fused-ring (bicyclic) bond motifs is 1. The minimum absolute atomic E-state index is 0.182. The Morgan fingerprint density at radius 2 is 1.87 bits per heavy atom. The highest BCUT2D eigenvalue weighted by molar-refractivity contribution is 5.65. The van der Waals surface area contributed by atoms with Gasteiger partial charge in [0, 0.05) is 11.0 Å². The van der Waals surface area contributed by atoms with Gasteiger partial charge in [0.1, 0.15) is 5.76 Å². The van der Waals surface area contributed by atoms with Gasteiger partial charge in [0.2, 0.25) is 0 Å². The highest BCUT2D eigenvalue weighted by atomic mass is 16.3. The van der Waals surface area contributed by atoms with Gasteiger partial charge < -0.3 is 4.42 Å². The van der Waals surface area contributed by atoms with E-state index in [1.807, 2.05) is 19.9 Å². The van der Waals surface area contributed by atoms with Gasteiger partial charge in [0.25, 0.3) is 0 Å². The Morgan fingerprint density at radius 3 is 2.53 bits per heavy atom. The molecule has 0 amide bonds. The molecule has 15 heavy (non-hydrogen) atoms. The first-order chi connectivity index (χ1) is 7.23. The van der Waals surface area contributed by atoms with Crippen molar-refractivity contribution in [3.63, 3.8) is 0 Å². The van der Waals surface area contributed by atoms with Crippen molar-refractivity contribution in [1.29, 1.82) is 0 Å². The molecule has 1 heterocycles. The van der Waals surface area contributed by atoms with Crippen molar-refractivity contribution in [1.82, 2.24) is 0 Å². The molecule has 1 nitrogen and oxygen atoms in total. The monoisotopic (exact) mass is 204 g/mol. The van der Waals surface area contributed by atoms with Gasteiger partial charge >= 0.3 is 0 Å². The fourth-order valence-corrected chi connectivity index (χ4v) is 1.44. The van der Waals surface area contributed by atoms with Crippen LogP contribution in [0.3, 0.4) is 0 Å². The van der Waals surface area contributed by atoms with E-state index < -0.39 is 0 Å². The lowest BCUT2D eigenvalue weighted by molar-refractivity contribution is 0.532. The zero-order valence-electron chi connectivity index (χ0n) is 10.1. The van der Waals surface area contributed by atoms with E-state index in [9.17, 15) is 0 Å². The van der Waals surface area contributed by atoms with Gasteiger partial charge in [-0.2, -0.15) is 0 Å². The maximum atomic E-state index is 5.34. The first-order valence-electron chi connectivity index (χ1n) is 5.69. The molecule has 2 rings (SSSR count). The van der Waals surface area contributed by atoms with E-state index in [-0.39, 0.29) is 5.41 Å². The van der Waals surface area contributed by atoms with Crippen LogP contribution in [0.5, 0.6) is 0 Å². The fraction of sp³-hybridized carbons (Fsp3) is 0.429. The first kappa shape index (κ1) is 11.8. The van der Waals surface area contributed by atoms with Crippen LogP contribution >= 0.6 is 0 Å². The summed E-state index contributed by atoms with van der Waals surface area (Å²) < 4.78 is 5.34. The molecule has 0 aliphatic heterocycles. The third-order valence-electron chi connectivity index (χ3n) is 2.75. The van der Waals surface area contributed by atoms with E-state index in [1.54, 1.807) is 6.26 Å². The van der Waals surface area contributed by atoms with Crippen LogP contribution in [-0.2, 0) is 0 Å². The van der Waals surface area contributed by atoms with Crippen molar-refractivity contribution in [3.8, 4) is 0 Å². The van der Waals surface area contributed by atoms with Crippen LogP contribution in [0, 0.1) is 5.41 Å². The predicted molar refractivity (Wildman–Crippen MR) is 66.5 cm³/mol. The number of allylic oxidation sites excluding steroid dienone is 2. The molecule has 1 aliphatic carbocycles. The summed E-state index contributed by atoms with van der Waals surface area (Å²) in [6, 6.07) is 2.00. The molecule has 1 heteroatoms. The third-order valence-corrected chi connectivity index (χ3v) is 2.75. The molecule has 82 valence electrons. The fourth-order valence-electron chi connectivity index (χ4n) is 1.44. The molecule has 0 radical (unpaired) electrons. The summed E-state index contributed by atoms with van der Waals surface area (Å²) in [5.74, 6) is 0.966. The Kier molecular flexibility index (Phi) is 3.96. The van der Waals surface area contributed by atoms with E-state index in [1.165, 1.54) is 5.56 Å². The van der Waals surface area contributed by atoms with Crippen LogP contribution < -0.4 is 0 Å². The van der Waals surface area contributed by atoms with Crippen molar-refractivity contribution >= 4 is 12.2 Å². The molecule has 0 N–H and O–H groups in total. The Morgan fingerprint density at radius 1 is 1.20 bits per heavy atom. The number of hydrogen-bond donors (Lipinski definition) is 0. The average Bonchev–Trinajstić information content (AvgIpc) is 2.68. The topological polar surface area (TPSA) is 13.1 Å². The minimum Gasteiger partial charge on any atom is -0.464 e. The van der Waals surface area contributed by atoms with Crippen molar-refractivity contribution in [2.24, 2.45) is 5.41 Å².